The van der Waals surface area contributed by atoms with Gasteiger partial charge in [0.05, 0.1) is 12.1 Å². The molecule has 26 heavy (non-hydrogen) atoms. The number of aromatic nitrogens is 2. The van der Waals surface area contributed by atoms with Crippen LogP contribution in [0.3, 0.4) is 0 Å². The standard InChI is InChI=1S/C19H27N5O2/c1-14-10-17(15-11-21-8-5-16(15)22-14)24-9-6-19(26,13-24)12-23(2)18(25)4-3-7-20/h5,8,10-11,26H,3-4,6-7,9,12-13,20H2,1-2H3. The average molecular weight is 357 g/mol. The summed E-state index contributed by atoms with van der Waals surface area (Å²) in [5.41, 5.74) is 7.42. The summed E-state index contributed by atoms with van der Waals surface area (Å²) in [6.07, 6.45) is 5.26. The third-order valence-corrected chi connectivity index (χ3v) is 4.94. The van der Waals surface area contributed by atoms with Crippen LogP contribution >= 0.6 is 0 Å². The van der Waals surface area contributed by atoms with Gasteiger partial charge in [-0.1, -0.05) is 0 Å². The predicted octanol–water partition coefficient (Wildman–Crippen LogP) is 1.08. The lowest BCUT2D eigenvalue weighted by Crippen LogP contribution is -2.45. The molecule has 1 aliphatic heterocycles. The van der Waals surface area contributed by atoms with E-state index in [0.717, 1.165) is 28.8 Å². The highest BCUT2D eigenvalue weighted by molar-refractivity contribution is 5.91. The Morgan fingerprint density at radius 1 is 1.50 bits per heavy atom. The summed E-state index contributed by atoms with van der Waals surface area (Å²) in [4.78, 5) is 24.7. The van der Waals surface area contributed by atoms with Crippen molar-refractivity contribution in [1.29, 1.82) is 0 Å². The lowest BCUT2D eigenvalue weighted by molar-refractivity contribution is -0.132. The van der Waals surface area contributed by atoms with Crippen LogP contribution in [0.1, 0.15) is 25.0 Å². The molecule has 7 heteroatoms. The number of hydrogen-bond donors (Lipinski definition) is 2. The van der Waals surface area contributed by atoms with Crippen molar-refractivity contribution in [1.82, 2.24) is 14.9 Å². The lowest BCUT2D eigenvalue weighted by atomic mass is 10.0. The number of β-amino-alcohol motifs (C(OH)–C–C–N with tert-alkyl or cyclic N) is 1. The molecular weight excluding hydrogens is 330 g/mol. The van der Waals surface area contributed by atoms with E-state index in [1.165, 1.54) is 0 Å². The van der Waals surface area contributed by atoms with Crippen LogP contribution in [0.4, 0.5) is 5.69 Å². The van der Waals surface area contributed by atoms with Crippen LogP contribution in [0, 0.1) is 6.92 Å². The first-order valence-electron chi connectivity index (χ1n) is 9.04. The molecule has 1 fully saturated rings. The van der Waals surface area contributed by atoms with E-state index in [-0.39, 0.29) is 5.91 Å². The molecule has 1 unspecified atom stereocenters. The van der Waals surface area contributed by atoms with Crippen molar-refractivity contribution in [2.75, 3.05) is 38.1 Å². The third kappa shape index (κ3) is 3.94. The van der Waals surface area contributed by atoms with Gasteiger partial charge in [-0.3, -0.25) is 14.8 Å². The monoisotopic (exact) mass is 357 g/mol. The Bertz CT molecular complexity index is 797. The topological polar surface area (TPSA) is 95.6 Å². The van der Waals surface area contributed by atoms with Crippen molar-refractivity contribution in [3.63, 3.8) is 0 Å². The van der Waals surface area contributed by atoms with Crippen LogP contribution in [0.2, 0.25) is 0 Å². The average Bonchev–Trinajstić information content (AvgIpc) is 3.00. The first-order chi connectivity index (χ1) is 12.4. The Kier molecular flexibility index (Phi) is 5.38. The van der Waals surface area contributed by atoms with Crippen molar-refractivity contribution in [3.8, 4) is 0 Å². The van der Waals surface area contributed by atoms with E-state index in [4.69, 9.17) is 5.73 Å². The van der Waals surface area contributed by atoms with E-state index < -0.39 is 5.60 Å². The maximum Gasteiger partial charge on any atom is 0.222 e. The van der Waals surface area contributed by atoms with Crippen molar-refractivity contribution < 1.29 is 9.90 Å². The van der Waals surface area contributed by atoms with Gasteiger partial charge in [-0.2, -0.15) is 0 Å². The van der Waals surface area contributed by atoms with Gasteiger partial charge in [0.25, 0.3) is 0 Å². The van der Waals surface area contributed by atoms with Crippen LogP contribution in [-0.4, -0.2) is 64.7 Å². The maximum atomic E-state index is 12.1. The molecule has 2 aromatic rings. The van der Waals surface area contributed by atoms with Crippen LogP contribution in [0.5, 0.6) is 0 Å². The highest BCUT2D eigenvalue weighted by Gasteiger charge is 2.38. The predicted molar refractivity (Wildman–Crippen MR) is 102 cm³/mol. The van der Waals surface area contributed by atoms with E-state index in [1.807, 2.05) is 25.3 Å². The number of carbonyl (C=O) groups is 1. The van der Waals surface area contributed by atoms with Gasteiger partial charge < -0.3 is 20.6 Å². The Labute approximate surface area is 153 Å². The molecule has 1 saturated heterocycles. The molecule has 0 bridgehead atoms. The molecule has 0 saturated carbocycles. The Morgan fingerprint density at radius 3 is 3.08 bits per heavy atom. The number of amides is 1. The summed E-state index contributed by atoms with van der Waals surface area (Å²) in [5, 5.41) is 12.0. The highest BCUT2D eigenvalue weighted by Crippen LogP contribution is 2.32. The fourth-order valence-corrected chi connectivity index (χ4v) is 3.61. The number of anilines is 1. The van der Waals surface area contributed by atoms with Gasteiger partial charge in [0.2, 0.25) is 5.91 Å². The van der Waals surface area contributed by atoms with Crippen molar-refractivity contribution in [2.24, 2.45) is 5.73 Å². The molecule has 3 rings (SSSR count). The summed E-state index contributed by atoms with van der Waals surface area (Å²) in [5.74, 6) is 0.0248. The molecule has 0 aliphatic carbocycles. The number of pyridine rings is 2. The summed E-state index contributed by atoms with van der Waals surface area (Å²) in [6.45, 7) is 4.01. The van der Waals surface area contributed by atoms with Gasteiger partial charge in [-0.15, -0.1) is 0 Å². The molecule has 1 amide bonds. The van der Waals surface area contributed by atoms with Gasteiger partial charge >= 0.3 is 0 Å². The minimum atomic E-state index is -0.918. The Hall–Kier alpha value is -2.25. The number of fused-ring (bicyclic) bond motifs is 1. The molecular formula is C19H27N5O2. The van der Waals surface area contributed by atoms with Crippen molar-refractivity contribution >= 4 is 22.5 Å². The normalized spacial score (nSPS) is 19.9. The summed E-state index contributed by atoms with van der Waals surface area (Å²) in [6, 6.07) is 3.93. The Morgan fingerprint density at radius 2 is 2.31 bits per heavy atom. The second-order valence-electron chi connectivity index (χ2n) is 7.21. The second kappa shape index (κ2) is 7.55. The van der Waals surface area contributed by atoms with Crippen molar-refractivity contribution in [2.45, 2.75) is 31.8 Å². The number of nitrogens with two attached hydrogens (primary N) is 1. The van der Waals surface area contributed by atoms with Gasteiger partial charge in [-0.05, 0) is 38.4 Å². The van der Waals surface area contributed by atoms with Gasteiger partial charge in [-0.25, -0.2) is 0 Å². The number of carbonyl (C=O) groups excluding carboxylic acids is 1. The van der Waals surface area contributed by atoms with E-state index in [0.29, 0.717) is 38.9 Å². The fourth-order valence-electron chi connectivity index (χ4n) is 3.61. The van der Waals surface area contributed by atoms with E-state index in [2.05, 4.69) is 14.9 Å². The SMILES string of the molecule is Cc1cc(N2CCC(O)(CN(C)C(=O)CCCN)C2)c2cnccc2n1. The van der Waals surface area contributed by atoms with Crippen molar-refractivity contribution in [3.05, 3.63) is 30.2 Å². The van der Waals surface area contributed by atoms with E-state index in [1.54, 1.807) is 18.1 Å². The smallest absolute Gasteiger partial charge is 0.222 e. The summed E-state index contributed by atoms with van der Waals surface area (Å²) < 4.78 is 0. The minimum absolute atomic E-state index is 0.0248. The molecule has 0 radical (unpaired) electrons. The zero-order valence-corrected chi connectivity index (χ0v) is 15.5. The van der Waals surface area contributed by atoms with Gasteiger partial charge in [0.1, 0.15) is 5.60 Å². The highest BCUT2D eigenvalue weighted by atomic mass is 16.3. The molecule has 1 aliphatic rings. The van der Waals surface area contributed by atoms with E-state index >= 15 is 0 Å². The lowest BCUT2D eigenvalue weighted by Gasteiger charge is -2.29. The molecule has 3 heterocycles. The molecule has 0 aromatic carbocycles. The maximum absolute atomic E-state index is 12.1. The van der Waals surface area contributed by atoms with Crippen LogP contribution < -0.4 is 10.6 Å². The molecule has 3 N–H and O–H groups in total. The largest absolute Gasteiger partial charge is 0.386 e. The molecule has 7 nitrogen and oxygen atoms in total. The quantitative estimate of drug-likeness (QED) is 0.803. The summed E-state index contributed by atoms with van der Waals surface area (Å²) in [7, 11) is 1.75. The van der Waals surface area contributed by atoms with Crippen LogP contribution in [0.15, 0.2) is 24.5 Å². The van der Waals surface area contributed by atoms with E-state index in [9.17, 15) is 9.90 Å². The zero-order valence-electron chi connectivity index (χ0n) is 15.5. The number of aliphatic hydroxyl groups is 1. The summed E-state index contributed by atoms with van der Waals surface area (Å²) >= 11 is 0. The minimum Gasteiger partial charge on any atom is -0.386 e. The number of likely N-dealkylation sites (N-methyl/N-ethyl adjacent to an activating group) is 1. The Balaban J connectivity index is 1.75. The van der Waals surface area contributed by atoms with Crippen LogP contribution in [-0.2, 0) is 4.79 Å². The molecule has 2 aromatic heterocycles. The fraction of sp³-hybridized carbons (Fsp3) is 0.526. The number of hydrogen-bond acceptors (Lipinski definition) is 6. The van der Waals surface area contributed by atoms with Crippen LogP contribution in [0.25, 0.3) is 10.9 Å². The molecule has 0 spiro atoms. The number of aryl methyl sites for hydroxylation is 1. The molecule has 1 atom stereocenters. The zero-order chi connectivity index (χ0) is 18.7. The number of rotatable bonds is 6. The van der Waals surface area contributed by atoms with Gasteiger partial charge in [0, 0.05) is 55.7 Å². The number of nitrogens with zero attached hydrogens (tertiary/aromatic N) is 4. The third-order valence-electron chi connectivity index (χ3n) is 4.94. The second-order valence-corrected chi connectivity index (χ2v) is 7.21. The van der Waals surface area contributed by atoms with Gasteiger partial charge in [0.15, 0.2) is 0 Å². The first kappa shape index (κ1) is 18.5. The molecule has 140 valence electrons. The first-order valence-corrected chi connectivity index (χ1v) is 9.04.